The zero-order chi connectivity index (χ0) is 12.3. The van der Waals surface area contributed by atoms with Crippen LogP contribution in [-0.4, -0.2) is 50.8 Å². The molecule has 2 fully saturated rings. The molecule has 0 aromatic carbocycles. The lowest BCUT2D eigenvalue weighted by molar-refractivity contribution is 0.00446. The second kappa shape index (κ2) is 5.65. The predicted molar refractivity (Wildman–Crippen MR) is 66.1 cm³/mol. The Labute approximate surface area is 103 Å². The molecule has 0 spiro atoms. The number of morpholine rings is 1. The van der Waals surface area contributed by atoms with Crippen molar-refractivity contribution in [3.63, 3.8) is 0 Å². The van der Waals surface area contributed by atoms with Crippen LogP contribution in [-0.2, 0) is 14.8 Å². The van der Waals surface area contributed by atoms with Gasteiger partial charge in [0.2, 0.25) is 10.0 Å². The zero-order valence-corrected chi connectivity index (χ0v) is 11.0. The van der Waals surface area contributed by atoms with E-state index >= 15 is 0 Å². The topological polar surface area (TPSA) is 72.6 Å². The van der Waals surface area contributed by atoms with Gasteiger partial charge in [-0.3, -0.25) is 0 Å². The van der Waals surface area contributed by atoms with E-state index in [9.17, 15) is 8.42 Å². The summed E-state index contributed by atoms with van der Waals surface area (Å²) in [5, 5.41) is 0. The maximum absolute atomic E-state index is 12.1. The summed E-state index contributed by atoms with van der Waals surface area (Å²) in [5.74, 6) is 0.922. The quantitative estimate of drug-likeness (QED) is 0.766. The van der Waals surface area contributed by atoms with Gasteiger partial charge < -0.3 is 10.5 Å². The Bertz CT molecular complexity index is 341. The molecule has 0 aromatic rings. The van der Waals surface area contributed by atoms with Gasteiger partial charge >= 0.3 is 0 Å². The fourth-order valence-electron chi connectivity index (χ4n) is 2.31. The molecule has 0 radical (unpaired) electrons. The molecule has 2 N–H and O–H groups in total. The van der Waals surface area contributed by atoms with Crippen LogP contribution < -0.4 is 5.73 Å². The van der Waals surface area contributed by atoms with Gasteiger partial charge in [0.1, 0.15) is 0 Å². The highest BCUT2D eigenvalue weighted by atomic mass is 32.2. The summed E-state index contributed by atoms with van der Waals surface area (Å²) in [5.41, 5.74) is 5.52. The van der Waals surface area contributed by atoms with Gasteiger partial charge in [0.05, 0.1) is 18.5 Å². The number of hydrogen-bond donors (Lipinski definition) is 1. The van der Waals surface area contributed by atoms with Crippen LogP contribution in [0.5, 0.6) is 0 Å². The second-order valence-electron chi connectivity index (χ2n) is 4.99. The highest BCUT2D eigenvalue weighted by Gasteiger charge is 2.30. The lowest BCUT2D eigenvalue weighted by Gasteiger charge is -2.32. The van der Waals surface area contributed by atoms with Gasteiger partial charge in [0.15, 0.2) is 0 Å². The van der Waals surface area contributed by atoms with Crippen LogP contribution in [0.15, 0.2) is 0 Å². The summed E-state index contributed by atoms with van der Waals surface area (Å²) < 4.78 is 31.2. The van der Waals surface area contributed by atoms with Crippen molar-refractivity contribution >= 4 is 10.0 Å². The van der Waals surface area contributed by atoms with E-state index in [-0.39, 0.29) is 11.9 Å². The molecule has 1 heterocycles. The van der Waals surface area contributed by atoms with E-state index < -0.39 is 10.0 Å². The Morgan fingerprint density at radius 1 is 1.35 bits per heavy atom. The molecule has 17 heavy (non-hydrogen) atoms. The van der Waals surface area contributed by atoms with Crippen LogP contribution in [0.3, 0.4) is 0 Å². The Kier molecular flexibility index (Phi) is 4.41. The Hall–Kier alpha value is -0.170. The lowest BCUT2D eigenvalue weighted by Crippen LogP contribution is -2.48. The van der Waals surface area contributed by atoms with Crippen molar-refractivity contribution in [1.29, 1.82) is 0 Å². The molecule has 0 amide bonds. The number of hydrogen-bond acceptors (Lipinski definition) is 4. The smallest absolute Gasteiger partial charge is 0.214 e. The van der Waals surface area contributed by atoms with Crippen molar-refractivity contribution in [2.24, 2.45) is 11.7 Å². The van der Waals surface area contributed by atoms with Crippen LogP contribution in [0.25, 0.3) is 0 Å². The highest BCUT2D eigenvalue weighted by molar-refractivity contribution is 7.89. The average molecular weight is 262 g/mol. The monoisotopic (exact) mass is 262 g/mol. The van der Waals surface area contributed by atoms with Crippen molar-refractivity contribution in [3.8, 4) is 0 Å². The first-order valence-electron chi connectivity index (χ1n) is 6.41. The molecule has 1 unspecified atom stereocenters. The largest absolute Gasteiger partial charge is 0.374 e. The summed E-state index contributed by atoms with van der Waals surface area (Å²) in [4.78, 5) is 0. The van der Waals surface area contributed by atoms with Crippen molar-refractivity contribution in [3.05, 3.63) is 0 Å². The van der Waals surface area contributed by atoms with Crippen molar-refractivity contribution in [2.45, 2.75) is 31.8 Å². The van der Waals surface area contributed by atoms with Gasteiger partial charge in [-0.25, -0.2) is 8.42 Å². The van der Waals surface area contributed by atoms with Gasteiger partial charge in [0.25, 0.3) is 0 Å². The maximum atomic E-state index is 12.1. The summed E-state index contributed by atoms with van der Waals surface area (Å²) in [7, 11) is -3.10. The second-order valence-corrected chi connectivity index (χ2v) is 7.08. The summed E-state index contributed by atoms with van der Waals surface area (Å²) in [6.45, 7) is 1.74. The Morgan fingerprint density at radius 3 is 2.71 bits per heavy atom. The fourth-order valence-corrected chi connectivity index (χ4v) is 3.95. The zero-order valence-electron chi connectivity index (χ0n) is 10.2. The number of rotatable bonds is 5. The third-order valence-corrected chi connectivity index (χ3v) is 5.64. The number of sulfonamides is 1. The molecule has 1 saturated carbocycles. The molecular weight excluding hydrogens is 240 g/mol. The van der Waals surface area contributed by atoms with Gasteiger partial charge in [-0.2, -0.15) is 4.31 Å². The molecule has 1 aliphatic carbocycles. The minimum absolute atomic E-state index is 0.137. The summed E-state index contributed by atoms with van der Waals surface area (Å²) in [6, 6.07) is 0. The number of ether oxygens (including phenoxy) is 1. The highest BCUT2D eigenvalue weighted by Crippen LogP contribution is 2.30. The predicted octanol–water partition coefficient (Wildman–Crippen LogP) is 0.166. The molecule has 6 heteroatoms. The van der Waals surface area contributed by atoms with E-state index in [4.69, 9.17) is 10.5 Å². The minimum Gasteiger partial charge on any atom is -0.374 e. The molecule has 5 nitrogen and oxygen atoms in total. The van der Waals surface area contributed by atoms with Crippen LogP contribution in [0.2, 0.25) is 0 Å². The van der Waals surface area contributed by atoms with Crippen LogP contribution in [0.4, 0.5) is 0 Å². The standard InChI is InChI=1S/C11H22N2O3S/c12-8-11-9-13(5-6-16-11)17(14,15)7-4-10-2-1-3-10/h10-11H,1-9,12H2. The molecule has 1 saturated heterocycles. The third-order valence-electron chi connectivity index (χ3n) is 3.77. The molecule has 100 valence electrons. The average Bonchev–Trinajstić information content (AvgIpc) is 2.27. The van der Waals surface area contributed by atoms with E-state index in [1.165, 1.54) is 19.3 Å². The van der Waals surface area contributed by atoms with E-state index in [0.717, 1.165) is 6.42 Å². The van der Waals surface area contributed by atoms with Crippen molar-refractivity contribution in [2.75, 3.05) is 32.0 Å². The number of nitrogens with two attached hydrogens (primary N) is 1. The normalized spacial score (nSPS) is 27.9. The van der Waals surface area contributed by atoms with Gasteiger partial charge in [0, 0.05) is 19.6 Å². The molecule has 0 aromatic heterocycles. The third kappa shape index (κ3) is 3.40. The first-order valence-corrected chi connectivity index (χ1v) is 8.02. The molecule has 1 aliphatic heterocycles. The first-order chi connectivity index (χ1) is 8.12. The summed E-state index contributed by atoms with van der Waals surface area (Å²) >= 11 is 0. The summed E-state index contributed by atoms with van der Waals surface area (Å²) in [6.07, 6.45) is 4.33. The first kappa shape index (κ1) is 13.3. The maximum Gasteiger partial charge on any atom is 0.214 e. The molecular formula is C11H22N2O3S. The van der Waals surface area contributed by atoms with Crippen molar-refractivity contribution < 1.29 is 13.2 Å². The molecule has 1 atom stereocenters. The van der Waals surface area contributed by atoms with Crippen LogP contribution in [0.1, 0.15) is 25.7 Å². The van der Waals surface area contributed by atoms with Crippen molar-refractivity contribution in [1.82, 2.24) is 4.31 Å². The van der Waals surface area contributed by atoms with E-state index in [0.29, 0.717) is 32.2 Å². The van der Waals surface area contributed by atoms with Crippen LogP contribution >= 0.6 is 0 Å². The lowest BCUT2D eigenvalue weighted by atomic mass is 9.84. The van der Waals surface area contributed by atoms with Gasteiger partial charge in [-0.05, 0) is 12.3 Å². The van der Waals surface area contributed by atoms with E-state index in [2.05, 4.69) is 0 Å². The fraction of sp³-hybridized carbons (Fsp3) is 1.00. The molecule has 2 rings (SSSR count). The SMILES string of the molecule is NCC1CN(S(=O)(=O)CCC2CCC2)CCO1. The van der Waals surface area contributed by atoms with E-state index in [1.54, 1.807) is 4.31 Å². The van der Waals surface area contributed by atoms with E-state index in [1.807, 2.05) is 0 Å². The molecule has 0 bridgehead atoms. The number of nitrogens with zero attached hydrogens (tertiary/aromatic N) is 1. The Morgan fingerprint density at radius 2 is 2.12 bits per heavy atom. The van der Waals surface area contributed by atoms with Gasteiger partial charge in [-0.15, -0.1) is 0 Å². The molecule has 2 aliphatic rings. The minimum atomic E-state index is -3.10. The Balaban J connectivity index is 1.85. The van der Waals surface area contributed by atoms with Crippen LogP contribution in [0, 0.1) is 5.92 Å². The van der Waals surface area contributed by atoms with Gasteiger partial charge in [-0.1, -0.05) is 19.3 Å².